The number of aliphatic hydroxyl groups excluding tert-OH is 1. The smallest absolute Gasteiger partial charge is 0.295 e. The van der Waals surface area contributed by atoms with E-state index in [1.54, 1.807) is 20.3 Å². The minimum absolute atomic E-state index is 0.00263. The number of hydrogen-bond acceptors (Lipinski definition) is 6. The molecular weight excluding hydrogens is 482 g/mol. The molecule has 1 saturated heterocycles. The Kier molecular flexibility index (Phi) is 7.76. The van der Waals surface area contributed by atoms with Crippen LogP contribution in [0.2, 0.25) is 0 Å². The van der Waals surface area contributed by atoms with Gasteiger partial charge in [-0.05, 0) is 86.3 Å². The molecule has 0 spiro atoms. The number of nitrogens with zero attached hydrogens (tertiary/aromatic N) is 1. The molecule has 1 unspecified atom stereocenters. The monoisotopic (exact) mass is 515 g/mol. The molecule has 1 N–H and O–H groups in total. The van der Waals surface area contributed by atoms with Crippen molar-refractivity contribution in [1.29, 1.82) is 0 Å². The van der Waals surface area contributed by atoms with Gasteiger partial charge in [0.15, 0.2) is 0 Å². The largest absolute Gasteiger partial charge is 0.507 e. The summed E-state index contributed by atoms with van der Waals surface area (Å²) < 4.78 is 16.4. The lowest BCUT2D eigenvalue weighted by atomic mass is 9.93. The van der Waals surface area contributed by atoms with Gasteiger partial charge in [-0.25, -0.2) is 0 Å². The molecule has 0 aliphatic carbocycles. The lowest BCUT2D eigenvalue weighted by Crippen LogP contribution is -2.29. The maximum Gasteiger partial charge on any atom is 0.295 e. The summed E-state index contributed by atoms with van der Waals surface area (Å²) >= 11 is 0. The summed E-state index contributed by atoms with van der Waals surface area (Å²) in [6.45, 7) is 7.76. The van der Waals surface area contributed by atoms with Gasteiger partial charge in [0.1, 0.15) is 23.0 Å². The Morgan fingerprint density at radius 2 is 1.53 bits per heavy atom. The third kappa shape index (κ3) is 5.23. The van der Waals surface area contributed by atoms with E-state index in [4.69, 9.17) is 14.2 Å². The number of methoxy groups -OCH3 is 2. The van der Waals surface area contributed by atoms with Crippen LogP contribution in [0, 0.1) is 13.8 Å². The highest BCUT2D eigenvalue weighted by Gasteiger charge is 2.46. The molecule has 3 aromatic rings. The van der Waals surface area contributed by atoms with E-state index in [2.05, 4.69) is 0 Å². The van der Waals surface area contributed by atoms with E-state index >= 15 is 0 Å². The van der Waals surface area contributed by atoms with Crippen molar-refractivity contribution in [2.75, 3.05) is 14.2 Å². The molecule has 1 atom stereocenters. The van der Waals surface area contributed by atoms with E-state index < -0.39 is 17.7 Å². The van der Waals surface area contributed by atoms with Gasteiger partial charge in [-0.1, -0.05) is 24.3 Å². The van der Waals surface area contributed by atoms with Gasteiger partial charge in [0, 0.05) is 12.1 Å². The fourth-order valence-corrected chi connectivity index (χ4v) is 4.73. The van der Waals surface area contributed by atoms with Crippen molar-refractivity contribution in [3.05, 3.63) is 94.1 Å². The van der Waals surface area contributed by atoms with Gasteiger partial charge in [0.25, 0.3) is 11.7 Å². The summed E-state index contributed by atoms with van der Waals surface area (Å²) in [4.78, 5) is 28.3. The quantitative estimate of drug-likeness (QED) is 0.234. The second-order valence-corrected chi connectivity index (χ2v) is 9.65. The van der Waals surface area contributed by atoms with Crippen LogP contribution in [0.5, 0.6) is 17.2 Å². The fraction of sp³-hybridized carbons (Fsp3) is 0.290. The predicted molar refractivity (Wildman–Crippen MR) is 146 cm³/mol. The van der Waals surface area contributed by atoms with E-state index in [0.29, 0.717) is 28.4 Å². The highest BCUT2D eigenvalue weighted by molar-refractivity contribution is 6.46. The molecule has 1 amide bonds. The first-order valence-electron chi connectivity index (χ1n) is 12.5. The average Bonchev–Trinajstić information content (AvgIpc) is 3.14. The SMILES string of the molecule is COc1ccc(CN2C(=O)C(=O)/C(=C(/O)c3cc(C)c(OC)cc3C)C2c2ccc(OC(C)C)cc2)cc1. The summed E-state index contributed by atoms with van der Waals surface area (Å²) in [5.74, 6) is 0.442. The Bertz CT molecular complexity index is 1370. The van der Waals surface area contributed by atoms with Gasteiger partial charge in [-0.2, -0.15) is 0 Å². The minimum atomic E-state index is -0.785. The molecule has 3 aromatic carbocycles. The highest BCUT2D eigenvalue weighted by atomic mass is 16.5. The molecule has 1 aliphatic heterocycles. The summed E-state index contributed by atoms with van der Waals surface area (Å²) in [5, 5.41) is 11.5. The number of likely N-dealkylation sites (tertiary alicyclic amines) is 1. The number of aliphatic hydroxyl groups is 1. The molecule has 0 aromatic heterocycles. The molecule has 4 rings (SSSR count). The van der Waals surface area contributed by atoms with Crippen LogP contribution in [0.4, 0.5) is 0 Å². The molecule has 0 bridgehead atoms. The Balaban J connectivity index is 1.85. The maximum atomic E-state index is 13.5. The third-order valence-electron chi connectivity index (χ3n) is 6.62. The topological polar surface area (TPSA) is 85.3 Å². The predicted octanol–water partition coefficient (Wildman–Crippen LogP) is 5.73. The molecule has 1 fully saturated rings. The number of aryl methyl sites for hydroxylation is 2. The van der Waals surface area contributed by atoms with E-state index in [0.717, 1.165) is 16.7 Å². The van der Waals surface area contributed by atoms with E-state index in [-0.39, 0.29) is 24.0 Å². The second-order valence-electron chi connectivity index (χ2n) is 9.65. The summed E-state index contributed by atoms with van der Waals surface area (Å²) in [5.41, 5.74) is 3.58. The summed E-state index contributed by atoms with van der Waals surface area (Å²) in [6.07, 6.45) is 0.00263. The number of ether oxygens (including phenoxy) is 3. The van der Waals surface area contributed by atoms with Crippen LogP contribution >= 0.6 is 0 Å². The number of Topliss-reactive ketones (excluding diaryl/α,β-unsaturated/α-hetero) is 1. The van der Waals surface area contributed by atoms with Gasteiger partial charge in [0.05, 0.1) is 31.9 Å². The molecule has 1 aliphatic rings. The Labute approximate surface area is 223 Å². The zero-order chi connectivity index (χ0) is 27.6. The zero-order valence-electron chi connectivity index (χ0n) is 22.6. The first kappa shape index (κ1) is 26.8. The standard InChI is InChI=1S/C31H33NO6/c1-18(2)38-24-13-9-22(10-14-24)28-27(29(33)25-15-20(4)26(37-6)16-19(25)3)30(34)31(35)32(28)17-21-7-11-23(36-5)12-8-21/h7-16,18,28,33H,17H2,1-6H3/b29-27+. The number of amides is 1. The van der Waals surface area contributed by atoms with Crippen LogP contribution in [-0.2, 0) is 16.1 Å². The highest BCUT2D eigenvalue weighted by Crippen LogP contribution is 2.42. The van der Waals surface area contributed by atoms with Crippen LogP contribution in [-0.4, -0.2) is 42.0 Å². The fourth-order valence-electron chi connectivity index (χ4n) is 4.73. The third-order valence-corrected chi connectivity index (χ3v) is 6.62. The van der Waals surface area contributed by atoms with Crippen molar-refractivity contribution >= 4 is 17.4 Å². The van der Waals surface area contributed by atoms with Crippen LogP contribution in [0.1, 0.15) is 47.7 Å². The van der Waals surface area contributed by atoms with Crippen LogP contribution < -0.4 is 14.2 Å². The van der Waals surface area contributed by atoms with Gasteiger partial charge in [0.2, 0.25) is 0 Å². The molecule has 0 saturated carbocycles. The first-order valence-corrected chi connectivity index (χ1v) is 12.5. The molecular formula is C31H33NO6. The normalized spacial score (nSPS) is 16.7. The minimum Gasteiger partial charge on any atom is -0.507 e. The van der Waals surface area contributed by atoms with Crippen LogP contribution in [0.3, 0.4) is 0 Å². The number of carbonyl (C=O) groups excluding carboxylic acids is 2. The van der Waals surface area contributed by atoms with Gasteiger partial charge in [-0.15, -0.1) is 0 Å². The van der Waals surface area contributed by atoms with E-state index in [9.17, 15) is 14.7 Å². The lowest BCUT2D eigenvalue weighted by molar-refractivity contribution is -0.140. The van der Waals surface area contributed by atoms with Crippen LogP contribution in [0.15, 0.2) is 66.2 Å². The molecule has 198 valence electrons. The van der Waals surface area contributed by atoms with Crippen molar-refractivity contribution in [2.45, 2.75) is 46.4 Å². The maximum absolute atomic E-state index is 13.5. The van der Waals surface area contributed by atoms with E-state index in [1.807, 2.05) is 82.3 Å². The zero-order valence-corrected chi connectivity index (χ0v) is 22.6. The molecule has 1 heterocycles. The number of benzene rings is 3. The second kappa shape index (κ2) is 11.0. The van der Waals surface area contributed by atoms with Crippen molar-refractivity contribution in [3.8, 4) is 17.2 Å². The van der Waals surface area contributed by atoms with Crippen LogP contribution in [0.25, 0.3) is 5.76 Å². The van der Waals surface area contributed by atoms with Crippen molar-refractivity contribution in [3.63, 3.8) is 0 Å². The Morgan fingerprint density at radius 3 is 2.11 bits per heavy atom. The number of carbonyl (C=O) groups is 2. The number of hydrogen-bond donors (Lipinski definition) is 1. The van der Waals surface area contributed by atoms with Gasteiger partial charge >= 0.3 is 0 Å². The average molecular weight is 516 g/mol. The van der Waals surface area contributed by atoms with Gasteiger partial charge in [-0.3, -0.25) is 9.59 Å². The molecule has 7 heteroatoms. The molecule has 0 radical (unpaired) electrons. The Hall–Kier alpha value is -4.26. The van der Waals surface area contributed by atoms with Gasteiger partial charge < -0.3 is 24.2 Å². The molecule has 7 nitrogen and oxygen atoms in total. The summed E-state index contributed by atoms with van der Waals surface area (Å²) in [6, 6.07) is 17.4. The number of rotatable bonds is 8. The van der Waals surface area contributed by atoms with Crippen molar-refractivity contribution in [1.82, 2.24) is 4.90 Å². The summed E-state index contributed by atoms with van der Waals surface area (Å²) in [7, 11) is 3.17. The molecule has 38 heavy (non-hydrogen) atoms. The lowest BCUT2D eigenvalue weighted by Gasteiger charge is -2.26. The Morgan fingerprint density at radius 1 is 0.895 bits per heavy atom. The van der Waals surface area contributed by atoms with Crippen molar-refractivity contribution in [2.24, 2.45) is 0 Å². The van der Waals surface area contributed by atoms with E-state index in [1.165, 1.54) is 4.90 Å². The number of ketones is 1. The first-order chi connectivity index (χ1) is 18.1. The van der Waals surface area contributed by atoms with Crippen molar-refractivity contribution < 1.29 is 28.9 Å².